The van der Waals surface area contributed by atoms with Crippen molar-refractivity contribution < 1.29 is 18.8 Å². The van der Waals surface area contributed by atoms with E-state index in [9.17, 15) is 0 Å². The molecule has 8 nitrogen and oxygen atoms in total. The molecule has 0 spiro atoms. The predicted molar refractivity (Wildman–Crippen MR) is 119 cm³/mol. The van der Waals surface area contributed by atoms with Gasteiger partial charge in [0.15, 0.2) is 17.0 Å². The van der Waals surface area contributed by atoms with Gasteiger partial charge in [0.2, 0.25) is 23.1 Å². The lowest BCUT2D eigenvalue weighted by molar-refractivity contribution is -0.675. The number of ether oxygens (including phenoxy) is 3. The Hall–Kier alpha value is -3.46. The van der Waals surface area contributed by atoms with Crippen LogP contribution in [-0.2, 0) is 13.0 Å². The number of methoxy groups -OCH3 is 3. The lowest BCUT2D eigenvalue weighted by Gasteiger charge is -2.13. The molecule has 2 aromatic carbocycles. The van der Waals surface area contributed by atoms with Crippen molar-refractivity contribution in [1.29, 1.82) is 0 Å². The quantitative estimate of drug-likeness (QED) is 0.407. The first kappa shape index (κ1) is 20.8. The molecule has 0 bridgehead atoms. The van der Waals surface area contributed by atoms with Gasteiger partial charge in [-0.2, -0.15) is 0 Å². The van der Waals surface area contributed by atoms with E-state index >= 15 is 0 Å². The van der Waals surface area contributed by atoms with Crippen LogP contribution in [0.4, 0.5) is 5.82 Å². The number of aromatic nitrogens is 4. The maximum Gasteiger partial charge on any atom is 0.294 e. The molecule has 0 amide bonds. The number of aromatic amines is 1. The van der Waals surface area contributed by atoms with Crippen molar-refractivity contribution in [3.8, 4) is 17.2 Å². The first-order valence-electron chi connectivity index (χ1n) is 9.68. The molecule has 31 heavy (non-hydrogen) atoms. The van der Waals surface area contributed by atoms with E-state index in [1.807, 2.05) is 34.9 Å². The van der Waals surface area contributed by atoms with E-state index in [0.717, 1.165) is 23.5 Å². The van der Waals surface area contributed by atoms with Gasteiger partial charge in [-0.25, -0.2) is 4.57 Å². The van der Waals surface area contributed by atoms with E-state index in [1.54, 1.807) is 27.7 Å². The number of imidazole rings is 1. The topological polar surface area (TPSA) is 99.2 Å². The Labute approximate surface area is 184 Å². The smallest absolute Gasteiger partial charge is 0.294 e. The highest BCUT2D eigenvalue weighted by atomic mass is 32.2. The van der Waals surface area contributed by atoms with Crippen LogP contribution in [0.1, 0.15) is 5.56 Å². The molecule has 0 saturated heterocycles. The lowest BCUT2D eigenvalue weighted by Crippen LogP contribution is -2.36. The second-order valence-corrected chi connectivity index (χ2v) is 7.82. The van der Waals surface area contributed by atoms with Crippen molar-refractivity contribution in [2.24, 2.45) is 0 Å². The second-order valence-electron chi connectivity index (χ2n) is 6.76. The molecule has 0 unspecified atom stereocenters. The SMILES string of the molecule is COc1cc(Sc2nc3c([nH]2)c(N)nc[n+]3CCc2ccccc2)cc(OC)c1OC. The van der Waals surface area contributed by atoms with Crippen LogP contribution >= 0.6 is 11.8 Å². The van der Waals surface area contributed by atoms with Gasteiger partial charge in [-0.15, -0.1) is 0 Å². The minimum absolute atomic E-state index is 0.412. The van der Waals surface area contributed by atoms with Crippen LogP contribution in [0.25, 0.3) is 11.2 Å². The average Bonchev–Trinajstić information content (AvgIpc) is 3.23. The number of nitrogens with two attached hydrogens (primary N) is 1. The third-order valence-electron chi connectivity index (χ3n) is 4.86. The van der Waals surface area contributed by atoms with Gasteiger partial charge in [0.25, 0.3) is 5.65 Å². The highest BCUT2D eigenvalue weighted by molar-refractivity contribution is 7.99. The van der Waals surface area contributed by atoms with Gasteiger partial charge in [0.05, 0.1) is 27.9 Å². The van der Waals surface area contributed by atoms with E-state index in [1.165, 1.54) is 17.3 Å². The molecule has 0 atom stereocenters. The first-order chi connectivity index (χ1) is 15.1. The zero-order valence-electron chi connectivity index (χ0n) is 17.6. The molecule has 0 aliphatic rings. The number of nitrogen functional groups attached to an aromatic ring is 1. The minimum atomic E-state index is 0.412. The number of H-pyrrole nitrogens is 1. The van der Waals surface area contributed by atoms with E-state index in [-0.39, 0.29) is 0 Å². The highest BCUT2D eigenvalue weighted by Gasteiger charge is 2.21. The highest BCUT2D eigenvalue weighted by Crippen LogP contribution is 2.42. The van der Waals surface area contributed by atoms with Gasteiger partial charge >= 0.3 is 0 Å². The van der Waals surface area contributed by atoms with Crippen molar-refractivity contribution in [3.63, 3.8) is 0 Å². The number of rotatable bonds is 8. The summed E-state index contributed by atoms with van der Waals surface area (Å²) in [6.45, 7) is 0.743. The summed E-state index contributed by atoms with van der Waals surface area (Å²) in [5.74, 6) is 2.13. The standard InChI is InChI=1S/C22H23N5O3S/c1-28-16-11-15(12-17(29-2)19(16)30-3)31-22-25-18-20(23)24-13-27(21(18)26-22)10-9-14-7-5-4-6-8-14/h4-8,11-13H,9-10H2,1-3H3,(H2,23,25,26)/p+1. The van der Waals surface area contributed by atoms with Gasteiger partial charge in [-0.3, -0.25) is 0 Å². The van der Waals surface area contributed by atoms with Crippen LogP contribution in [0.3, 0.4) is 0 Å². The molecule has 4 rings (SSSR count). The molecule has 0 radical (unpaired) electrons. The van der Waals surface area contributed by atoms with E-state index in [0.29, 0.717) is 33.7 Å². The summed E-state index contributed by atoms with van der Waals surface area (Å²) in [5.41, 5.74) is 8.83. The van der Waals surface area contributed by atoms with Gasteiger partial charge in [-0.1, -0.05) is 40.3 Å². The summed E-state index contributed by atoms with van der Waals surface area (Å²) in [4.78, 5) is 13.3. The molecule has 0 fully saturated rings. The maximum atomic E-state index is 6.11. The number of benzene rings is 2. The van der Waals surface area contributed by atoms with Crippen LogP contribution in [-0.4, -0.2) is 36.3 Å². The Bertz CT molecular complexity index is 1170. The molecule has 9 heteroatoms. The molecule has 3 N–H and O–H groups in total. The fraction of sp³-hybridized carbons (Fsp3) is 0.227. The molecule has 2 aromatic heterocycles. The maximum absolute atomic E-state index is 6.11. The fourth-order valence-corrected chi connectivity index (χ4v) is 4.15. The van der Waals surface area contributed by atoms with Gasteiger partial charge in [0.1, 0.15) is 0 Å². The lowest BCUT2D eigenvalue weighted by atomic mass is 10.1. The summed E-state index contributed by atoms with van der Waals surface area (Å²) >= 11 is 1.44. The summed E-state index contributed by atoms with van der Waals surface area (Å²) in [7, 11) is 4.76. The van der Waals surface area contributed by atoms with E-state index in [2.05, 4.69) is 22.1 Å². The van der Waals surface area contributed by atoms with Crippen LogP contribution in [0, 0.1) is 0 Å². The largest absolute Gasteiger partial charge is 0.493 e. The molecular weight excluding hydrogens is 414 g/mol. The summed E-state index contributed by atoms with van der Waals surface area (Å²) < 4.78 is 18.3. The fourth-order valence-electron chi connectivity index (χ4n) is 3.31. The molecular formula is C22H24N5O3S+. The third kappa shape index (κ3) is 4.36. The summed E-state index contributed by atoms with van der Waals surface area (Å²) in [5, 5.41) is 0.692. The van der Waals surface area contributed by atoms with Crippen LogP contribution in [0.5, 0.6) is 17.2 Å². The van der Waals surface area contributed by atoms with Crippen molar-refractivity contribution in [2.75, 3.05) is 27.1 Å². The van der Waals surface area contributed by atoms with E-state index in [4.69, 9.17) is 24.9 Å². The molecule has 2 heterocycles. The monoisotopic (exact) mass is 438 g/mol. The first-order valence-corrected chi connectivity index (χ1v) is 10.5. The number of anilines is 1. The third-order valence-corrected chi connectivity index (χ3v) is 5.72. The van der Waals surface area contributed by atoms with Crippen molar-refractivity contribution in [1.82, 2.24) is 15.0 Å². The molecule has 0 aliphatic carbocycles. The number of hydrogen-bond donors (Lipinski definition) is 2. The van der Waals surface area contributed by atoms with E-state index < -0.39 is 0 Å². The molecule has 160 valence electrons. The second kappa shape index (κ2) is 9.13. The number of nitrogens with zero attached hydrogens (tertiary/aromatic N) is 3. The number of aryl methyl sites for hydroxylation is 2. The van der Waals surface area contributed by atoms with Crippen molar-refractivity contribution in [3.05, 3.63) is 54.4 Å². The van der Waals surface area contributed by atoms with Crippen LogP contribution in [0.15, 0.2) is 58.8 Å². The normalized spacial score (nSPS) is 10.9. The molecule has 4 aromatic rings. The Morgan fingerprint density at radius 2 is 1.74 bits per heavy atom. The Balaban J connectivity index is 1.64. The average molecular weight is 439 g/mol. The van der Waals surface area contributed by atoms with Crippen molar-refractivity contribution in [2.45, 2.75) is 23.0 Å². The zero-order chi connectivity index (χ0) is 21.8. The van der Waals surface area contributed by atoms with Gasteiger partial charge in [-0.05, 0) is 29.5 Å². The van der Waals surface area contributed by atoms with Crippen LogP contribution < -0.4 is 24.5 Å². The summed E-state index contributed by atoms with van der Waals surface area (Å²) in [6.07, 6.45) is 2.60. The number of nitrogens with one attached hydrogen (secondary N) is 1. The molecule has 0 aliphatic heterocycles. The minimum Gasteiger partial charge on any atom is -0.493 e. The van der Waals surface area contributed by atoms with Crippen molar-refractivity contribution >= 4 is 28.7 Å². The van der Waals surface area contributed by atoms with Gasteiger partial charge in [0, 0.05) is 11.3 Å². The Morgan fingerprint density at radius 1 is 1.03 bits per heavy atom. The zero-order valence-corrected chi connectivity index (χ0v) is 18.4. The Kier molecular flexibility index (Phi) is 6.13. The Morgan fingerprint density at radius 3 is 2.39 bits per heavy atom. The molecule has 0 saturated carbocycles. The van der Waals surface area contributed by atoms with Gasteiger partial charge < -0.3 is 24.9 Å². The number of hydrogen-bond acceptors (Lipinski definition) is 7. The predicted octanol–water partition coefficient (Wildman–Crippen LogP) is 3.25. The number of fused-ring (bicyclic) bond motifs is 1. The summed E-state index contributed by atoms with van der Waals surface area (Å²) in [6, 6.07) is 14.1. The van der Waals surface area contributed by atoms with Crippen LogP contribution in [0.2, 0.25) is 0 Å².